The predicted octanol–water partition coefficient (Wildman–Crippen LogP) is 6.93. The molecule has 0 saturated heterocycles. The number of thiazole rings is 1. The van der Waals surface area contributed by atoms with E-state index in [-0.39, 0.29) is 28.1 Å². The van der Waals surface area contributed by atoms with E-state index in [9.17, 15) is 14.3 Å². The van der Waals surface area contributed by atoms with Gasteiger partial charge in [-0.25, -0.2) is 9.37 Å². The van der Waals surface area contributed by atoms with E-state index >= 15 is 0 Å². The first-order chi connectivity index (χ1) is 15.4. The van der Waals surface area contributed by atoms with Gasteiger partial charge < -0.3 is 10.4 Å². The maximum absolute atomic E-state index is 13.7. The molecule has 0 fully saturated rings. The molecule has 32 heavy (non-hydrogen) atoms. The Hall–Kier alpha value is -2.65. The van der Waals surface area contributed by atoms with E-state index in [2.05, 4.69) is 15.3 Å². The number of rotatable bonds is 6. The fourth-order valence-corrected chi connectivity index (χ4v) is 5.15. The van der Waals surface area contributed by atoms with Gasteiger partial charge in [-0.05, 0) is 42.5 Å². The van der Waals surface area contributed by atoms with Crippen LogP contribution in [0.15, 0.2) is 63.9 Å². The predicted molar refractivity (Wildman–Crippen MR) is 131 cm³/mol. The molecule has 0 saturated carbocycles. The quantitative estimate of drug-likeness (QED) is 0.220. The molecular formula is C22H14Cl2FN3O2S2. The summed E-state index contributed by atoms with van der Waals surface area (Å²) in [5.74, 6) is -0.781. The molecule has 0 radical (unpaired) electrons. The topological polar surface area (TPSA) is 74.6 Å². The lowest BCUT2D eigenvalue weighted by molar-refractivity contribution is -0.113. The van der Waals surface area contributed by atoms with Crippen molar-refractivity contribution in [3.8, 4) is 5.75 Å². The normalized spacial score (nSPS) is 11.3. The van der Waals surface area contributed by atoms with Crippen molar-refractivity contribution in [2.75, 3.05) is 11.1 Å². The number of nitrogens with one attached hydrogen (secondary N) is 1. The molecular weight excluding hydrogens is 492 g/mol. The van der Waals surface area contributed by atoms with Gasteiger partial charge in [0.15, 0.2) is 4.34 Å². The number of phenolic OH excluding ortho intramolecular Hbond substituents is 1. The van der Waals surface area contributed by atoms with Crippen LogP contribution in [0.2, 0.25) is 10.0 Å². The zero-order valence-corrected chi connectivity index (χ0v) is 19.3. The van der Waals surface area contributed by atoms with Crippen LogP contribution in [0.5, 0.6) is 5.75 Å². The van der Waals surface area contributed by atoms with Crippen LogP contribution < -0.4 is 5.32 Å². The molecule has 0 spiro atoms. The Bertz CT molecular complexity index is 1340. The summed E-state index contributed by atoms with van der Waals surface area (Å²) >= 11 is 14.6. The molecule has 0 aliphatic heterocycles. The fourth-order valence-electron chi connectivity index (χ4n) is 2.74. The van der Waals surface area contributed by atoms with Crippen LogP contribution in [0.1, 0.15) is 5.56 Å². The van der Waals surface area contributed by atoms with E-state index in [0.717, 1.165) is 10.2 Å². The molecule has 1 aromatic heterocycles. The number of anilines is 1. The highest BCUT2D eigenvalue weighted by molar-refractivity contribution is 8.01. The minimum absolute atomic E-state index is 0.0916. The molecule has 10 heteroatoms. The van der Waals surface area contributed by atoms with Crippen LogP contribution in [0.25, 0.3) is 10.2 Å². The van der Waals surface area contributed by atoms with Crippen molar-refractivity contribution in [3.05, 3.63) is 76.0 Å². The van der Waals surface area contributed by atoms with Crippen molar-refractivity contribution in [2.45, 2.75) is 4.34 Å². The number of phenols is 1. The number of amides is 1. The third-order valence-electron chi connectivity index (χ3n) is 4.24. The van der Waals surface area contributed by atoms with Gasteiger partial charge in [0, 0.05) is 16.8 Å². The molecule has 1 heterocycles. The number of carbonyl (C=O) groups is 1. The lowest BCUT2D eigenvalue weighted by Gasteiger charge is -2.04. The number of fused-ring (bicyclic) bond motifs is 1. The first-order valence-electron chi connectivity index (χ1n) is 9.19. The second-order valence-electron chi connectivity index (χ2n) is 6.53. The second-order valence-corrected chi connectivity index (χ2v) is 9.63. The van der Waals surface area contributed by atoms with Crippen LogP contribution in [0, 0.1) is 5.82 Å². The number of thioether (sulfide) groups is 1. The van der Waals surface area contributed by atoms with Crippen LogP contribution in [-0.2, 0) is 4.79 Å². The summed E-state index contributed by atoms with van der Waals surface area (Å²) in [6.07, 6.45) is 1.48. The molecule has 1 amide bonds. The molecule has 0 bridgehead atoms. The van der Waals surface area contributed by atoms with Crippen molar-refractivity contribution in [2.24, 2.45) is 4.99 Å². The summed E-state index contributed by atoms with van der Waals surface area (Å²) < 4.78 is 15.3. The second kappa shape index (κ2) is 9.87. The van der Waals surface area contributed by atoms with Crippen molar-refractivity contribution in [1.29, 1.82) is 0 Å². The Morgan fingerprint density at radius 1 is 1.22 bits per heavy atom. The maximum atomic E-state index is 13.7. The Labute approximate surface area is 200 Å². The van der Waals surface area contributed by atoms with Gasteiger partial charge >= 0.3 is 0 Å². The van der Waals surface area contributed by atoms with E-state index in [1.165, 1.54) is 47.5 Å². The third kappa shape index (κ3) is 5.39. The standard InChI is InChI=1S/C22H14Cl2FN3O2S2/c23-13-7-12(21(30)15(24)8-13)10-26-14-5-6-18-19(9-14)32-22(28-18)31-11-20(29)27-17-4-2-1-3-16(17)25/h1-10,30H,11H2,(H,27,29). The molecule has 2 N–H and O–H groups in total. The Morgan fingerprint density at radius 2 is 2.03 bits per heavy atom. The highest BCUT2D eigenvalue weighted by Gasteiger charge is 2.11. The number of aromatic hydroxyl groups is 1. The summed E-state index contributed by atoms with van der Waals surface area (Å²) in [6, 6.07) is 14.5. The first-order valence-corrected chi connectivity index (χ1v) is 11.7. The molecule has 0 aliphatic rings. The van der Waals surface area contributed by atoms with Crippen LogP contribution >= 0.6 is 46.3 Å². The molecule has 0 atom stereocenters. The maximum Gasteiger partial charge on any atom is 0.234 e. The molecule has 3 aromatic carbocycles. The SMILES string of the molecule is O=C(CSc1nc2ccc(N=Cc3cc(Cl)cc(Cl)c3O)cc2s1)Nc1ccccc1F. The summed E-state index contributed by atoms with van der Waals surface area (Å²) in [4.78, 5) is 21.0. The molecule has 0 unspecified atom stereocenters. The lowest BCUT2D eigenvalue weighted by atomic mass is 10.2. The summed E-state index contributed by atoms with van der Waals surface area (Å²) in [6.45, 7) is 0. The Kier molecular flexibility index (Phi) is 6.95. The number of halogens is 3. The molecule has 162 valence electrons. The largest absolute Gasteiger partial charge is 0.506 e. The number of hydrogen-bond acceptors (Lipinski definition) is 6. The highest BCUT2D eigenvalue weighted by Crippen LogP contribution is 2.33. The van der Waals surface area contributed by atoms with Crippen molar-refractivity contribution >= 4 is 80.0 Å². The van der Waals surface area contributed by atoms with Gasteiger partial charge in [-0.15, -0.1) is 11.3 Å². The van der Waals surface area contributed by atoms with Crippen molar-refractivity contribution in [1.82, 2.24) is 4.98 Å². The molecule has 4 rings (SSSR count). The zero-order chi connectivity index (χ0) is 22.7. The molecule has 4 aromatic rings. The number of aliphatic imine (C=N–C) groups is 1. The van der Waals surface area contributed by atoms with E-state index in [1.54, 1.807) is 24.3 Å². The highest BCUT2D eigenvalue weighted by atomic mass is 35.5. The monoisotopic (exact) mass is 505 g/mol. The third-order valence-corrected chi connectivity index (χ3v) is 6.90. The van der Waals surface area contributed by atoms with Crippen LogP contribution in [0.3, 0.4) is 0 Å². The van der Waals surface area contributed by atoms with Gasteiger partial charge in [-0.3, -0.25) is 9.79 Å². The number of hydrogen-bond donors (Lipinski definition) is 2. The van der Waals surface area contributed by atoms with Gasteiger partial charge in [0.05, 0.1) is 32.4 Å². The lowest BCUT2D eigenvalue weighted by Crippen LogP contribution is -2.14. The summed E-state index contributed by atoms with van der Waals surface area (Å²) in [5, 5.41) is 13.1. The number of benzene rings is 3. The first kappa shape index (κ1) is 22.5. The zero-order valence-electron chi connectivity index (χ0n) is 16.2. The van der Waals surface area contributed by atoms with Gasteiger partial charge in [0.25, 0.3) is 0 Å². The van der Waals surface area contributed by atoms with E-state index in [0.29, 0.717) is 20.6 Å². The summed E-state index contributed by atoms with van der Waals surface area (Å²) in [5.41, 5.74) is 1.99. The smallest absolute Gasteiger partial charge is 0.234 e. The average Bonchev–Trinajstić information content (AvgIpc) is 3.17. The minimum Gasteiger partial charge on any atom is -0.506 e. The summed E-state index contributed by atoms with van der Waals surface area (Å²) in [7, 11) is 0. The van der Waals surface area contributed by atoms with Gasteiger partial charge in [0.1, 0.15) is 11.6 Å². The van der Waals surface area contributed by atoms with Crippen molar-refractivity contribution in [3.63, 3.8) is 0 Å². The van der Waals surface area contributed by atoms with Gasteiger partial charge in [0.2, 0.25) is 5.91 Å². The van der Waals surface area contributed by atoms with E-state index in [1.807, 2.05) is 12.1 Å². The molecule has 0 aliphatic carbocycles. The Balaban J connectivity index is 1.44. The minimum atomic E-state index is -0.479. The number of aromatic nitrogens is 1. The average molecular weight is 506 g/mol. The Morgan fingerprint density at radius 3 is 2.84 bits per heavy atom. The number of carbonyl (C=O) groups excluding carboxylic acids is 1. The van der Waals surface area contributed by atoms with Crippen molar-refractivity contribution < 1.29 is 14.3 Å². The number of para-hydroxylation sites is 1. The molecule has 5 nitrogen and oxygen atoms in total. The van der Waals surface area contributed by atoms with Gasteiger partial charge in [-0.2, -0.15) is 0 Å². The van der Waals surface area contributed by atoms with E-state index in [4.69, 9.17) is 23.2 Å². The van der Waals surface area contributed by atoms with Crippen LogP contribution in [0.4, 0.5) is 15.8 Å². The number of nitrogens with zero attached hydrogens (tertiary/aromatic N) is 2. The van der Waals surface area contributed by atoms with Gasteiger partial charge in [-0.1, -0.05) is 47.1 Å². The van der Waals surface area contributed by atoms with Crippen LogP contribution in [-0.4, -0.2) is 28.0 Å². The van der Waals surface area contributed by atoms with E-state index < -0.39 is 5.82 Å². The fraction of sp³-hybridized carbons (Fsp3) is 0.0455.